The average molecular weight is 181 g/mol. The first-order chi connectivity index (χ1) is 4.97. The number of oxime groups is 1. The van der Waals surface area contributed by atoms with E-state index in [1.54, 1.807) is 0 Å². The minimum atomic E-state index is -3.90. The van der Waals surface area contributed by atoms with Crippen LogP contribution in [0.2, 0.25) is 0 Å². The van der Waals surface area contributed by atoms with Gasteiger partial charge in [-0.3, -0.25) is 4.55 Å². The van der Waals surface area contributed by atoms with Crippen LogP contribution < -0.4 is 0 Å². The Balaban J connectivity index is 0. The second-order valence-electron chi connectivity index (χ2n) is 1.39. The van der Waals surface area contributed by atoms with Crippen molar-refractivity contribution in [1.82, 2.24) is 0 Å². The molecule has 0 heterocycles. The molecule has 0 fully saturated rings. The van der Waals surface area contributed by atoms with Crippen LogP contribution in [-0.4, -0.2) is 24.4 Å². The lowest BCUT2D eigenvalue weighted by molar-refractivity contribution is 0.320. The van der Waals surface area contributed by atoms with Gasteiger partial charge in [-0.15, -0.1) is 5.16 Å². The molecule has 0 aliphatic carbocycles. The van der Waals surface area contributed by atoms with Crippen molar-refractivity contribution in [3.05, 3.63) is 12.0 Å². The Morgan fingerprint density at radius 3 is 2.00 bits per heavy atom. The van der Waals surface area contributed by atoms with E-state index < -0.39 is 10.1 Å². The molecule has 0 saturated carbocycles. The normalized spacial score (nSPS) is 10.4. The SMILES string of the molecule is C=CS(=O)(=O)O.CCC=NO. The van der Waals surface area contributed by atoms with Crippen LogP contribution in [0.3, 0.4) is 0 Å². The molecule has 0 rings (SSSR count). The molecule has 0 atom stereocenters. The monoisotopic (exact) mass is 181 g/mol. The number of hydrogen-bond donors (Lipinski definition) is 2. The van der Waals surface area contributed by atoms with Gasteiger partial charge in [-0.25, -0.2) is 0 Å². The summed E-state index contributed by atoms with van der Waals surface area (Å²) in [6, 6.07) is 0. The predicted molar refractivity (Wildman–Crippen MR) is 42.3 cm³/mol. The lowest BCUT2D eigenvalue weighted by atomic mass is 10.6. The first kappa shape index (κ1) is 12.8. The van der Waals surface area contributed by atoms with Gasteiger partial charge in [0.25, 0.3) is 10.1 Å². The Bertz CT molecular complexity index is 195. The summed E-state index contributed by atoms with van der Waals surface area (Å²) in [6.45, 7) is 4.70. The van der Waals surface area contributed by atoms with Crippen LogP contribution in [0, 0.1) is 0 Å². The molecule has 0 aliphatic rings. The molecule has 0 aromatic carbocycles. The minimum absolute atomic E-state index is 0.465. The molecule has 0 amide bonds. The highest BCUT2D eigenvalue weighted by atomic mass is 32.2. The minimum Gasteiger partial charge on any atom is -0.411 e. The van der Waals surface area contributed by atoms with Crippen molar-refractivity contribution in [3.63, 3.8) is 0 Å². The molecule has 0 bridgehead atoms. The van der Waals surface area contributed by atoms with E-state index in [0.29, 0.717) is 5.41 Å². The Morgan fingerprint density at radius 2 is 2.00 bits per heavy atom. The van der Waals surface area contributed by atoms with E-state index in [1.165, 1.54) is 6.21 Å². The van der Waals surface area contributed by atoms with E-state index >= 15 is 0 Å². The van der Waals surface area contributed by atoms with Crippen LogP contribution in [0.15, 0.2) is 17.1 Å². The van der Waals surface area contributed by atoms with Crippen molar-refractivity contribution >= 4 is 16.3 Å². The van der Waals surface area contributed by atoms with Crippen LogP contribution in [0.5, 0.6) is 0 Å². The van der Waals surface area contributed by atoms with Crippen LogP contribution >= 0.6 is 0 Å². The fourth-order valence-electron chi connectivity index (χ4n) is 0.0816. The molecule has 0 aromatic heterocycles. The van der Waals surface area contributed by atoms with Crippen molar-refractivity contribution in [2.45, 2.75) is 13.3 Å². The zero-order valence-corrected chi connectivity index (χ0v) is 6.95. The zero-order chi connectivity index (χ0) is 9.33. The summed E-state index contributed by atoms with van der Waals surface area (Å²) in [5.74, 6) is 0. The number of rotatable bonds is 2. The van der Waals surface area contributed by atoms with E-state index in [-0.39, 0.29) is 0 Å². The second kappa shape index (κ2) is 7.23. The molecule has 0 aromatic rings. The maximum absolute atomic E-state index is 9.44. The molecular weight excluding hydrogens is 170 g/mol. The fraction of sp³-hybridized carbons (Fsp3) is 0.400. The van der Waals surface area contributed by atoms with Gasteiger partial charge in [0.05, 0.1) is 5.41 Å². The van der Waals surface area contributed by atoms with Gasteiger partial charge in [-0.1, -0.05) is 13.5 Å². The smallest absolute Gasteiger partial charge is 0.287 e. The summed E-state index contributed by atoms with van der Waals surface area (Å²) in [7, 11) is -3.90. The van der Waals surface area contributed by atoms with Gasteiger partial charge in [0.2, 0.25) is 0 Å². The summed E-state index contributed by atoms with van der Waals surface area (Å²) >= 11 is 0. The van der Waals surface area contributed by atoms with Gasteiger partial charge in [0.1, 0.15) is 0 Å². The maximum Gasteiger partial charge on any atom is 0.287 e. The van der Waals surface area contributed by atoms with E-state index in [1.807, 2.05) is 6.92 Å². The van der Waals surface area contributed by atoms with E-state index in [4.69, 9.17) is 9.76 Å². The lowest BCUT2D eigenvalue weighted by Gasteiger charge is -1.73. The maximum atomic E-state index is 9.44. The lowest BCUT2D eigenvalue weighted by Crippen LogP contribution is -1.86. The van der Waals surface area contributed by atoms with E-state index in [2.05, 4.69) is 11.7 Å². The van der Waals surface area contributed by atoms with E-state index in [0.717, 1.165) is 6.42 Å². The van der Waals surface area contributed by atoms with Crippen LogP contribution in [0.4, 0.5) is 0 Å². The highest BCUT2D eigenvalue weighted by Gasteiger charge is 1.87. The molecule has 0 aliphatic heterocycles. The van der Waals surface area contributed by atoms with Crippen molar-refractivity contribution < 1.29 is 18.2 Å². The molecule has 0 saturated heterocycles. The van der Waals surface area contributed by atoms with Crippen LogP contribution in [0.25, 0.3) is 0 Å². The Hall–Kier alpha value is -0.880. The highest BCUT2D eigenvalue weighted by molar-refractivity contribution is 7.88. The summed E-state index contributed by atoms with van der Waals surface area (Å²) < 4.78 is 26.6. The predicted octanol–water partition coefficient (Wildman–Crippen LogP) is 0.874. The van der Waals surface area contributed by atoms with Crippen molar-refractivity contribution in [1.29, 1.82) is 0 Å². The Labute approximate surface area is 65.8 Å². The van der Waals surface area contributed by atoms with Crippen molar-refractivity contribution in [2.24, 2.45) is 5.16 Å². The second-order valence-corrected chi connectivity index (χ2v) is 2.75. The molecule has 5 nitrogen and oxygen atoms in total. The first-order valence-electron chi connectivity index (χ1n) is 2.73. The average Bonchev–Trinajstić information content (AvgIpc) is 1.90. The first-order valence-corrected chi connectivity index (χ1v) is 4.24. The van der Waals surface area contributed by atoms with Gasteiger partial charge < -0.3 is 5.21 Å². The van der Waals surface area contributed by atoms with Gasteiger partial charge in [-0.2, -0.15) is 8.42 Å². The molecule has 0 unspecified atom stereocenters. The van der Waals surface area contributed by atoms with E-state index in [9.17, 15) is 8.42 Å². The van der Waals surface area contributed by atoms with Gasteiger partial charge in [-0.05, 0) is 6.42 Å². The highest BCUT2D eigenvalue weighted by Crippen LogP contribution is 1.75. The molecule has 6 heteroatoms. The quantitative estimate of drug-likeness (QED) is 0.286. The molecule has 0 spiro atoms. The van der Waals surface area contributed by atoms with Gasteiger partial charge in [0.15, 0.2) is 0 Å². The van der Waals surface area contributed by atoms with Crippen LogP contribution in [0.1, 0.15) is 13.3 Å². The third-order valence-electron chi connectivity index (χ3n) is 0.475. The third-order valence-corrected chi connectivity index (χ3v) is 0.896. The Kier molecular flexibility index (Phi) is 8.39. The van der Waals surface area contributed by atoms with Crippen molar-refractivity contribution in [2.75, 3.05) is 0 Å². The Morgan fingerprint density at radius 1 is 1.64 bits per heavy atom. The molecule has 11 heavy (non-hydrogen) atoms. The standard InChI is InChI=1S/C3H7NO.C2H4O3S/c1-2-3-4-5;1-2-6(3,4)5/h3,5H,2H2,1H3;2H,1H2,(H,3,4,5). The summed E-state index contributed by atoms with van der Waals surface area (Å²) in [6.07, 6.45) is 2.23. The topological polar surface area (TPSA) is 87.0 Å². The largest absolute Gasteiger partial charge is 0.411 e. The summed E-state index contributed by atoms with van der Waals surface area (Å²) in [5, 5.41) is 10.8. The number of hydrogen-bond acceptors (Lipinski definition) is 4. The molecule has 66 valence electrons. The molecule has 0 radical (unpaired) electrons. The fourth-order valence-corrected chi connectivity index (χ4v) is 0.0816. The van der Waals surface area contributed by atoms with Gasteiger partial charge in [0, 0.05) is 6.21 Å². The summed E-state index contributed by atoms with van der Waals surface area (Å²) in [5.41, 5.74) is 0. The van der Waals surface area contributed by atoms with Crippen LogP contribution in [-0.2, 0) is 10.1 Å². The van der Waals surface area contributed by atoms with Crippen molar-refractivity contribution in [3.8, 4) is 0 Å². The molecular formula is C5H11NO4S. The molecule has 2 N–H and O–H groups in total. The number of nitrogens with zero attached hydrogens (tertiary/aromatic N) is 1. The summed E-state index contributed by atoms with van der Waals surface area (Å²) in [4.78, 5) is 0. The third kappa shape index (κ3) is 27.2. The zero-order valence-electron chi connectivity index (χ0n) is 6.14. The van der Waals surface area contributed by atoms with Gasteiger partial charge >= 0.3 is 0 Å².